The average Bonchev–Trinajstić information content (AvgIpc) is 1.91. The first-order valence-corrected chi connectivity index (χ1v) is 4.99. The van der Waals surface area contributed by atoms with Gasteiger partial charge in [-0.25, -0.2) is 0 Å². The van der Waals surface area contributed by atoms with Gasteiger partial charge in [0.25, 0.3) is 5.88 Å². The molecule has 5 heteroatoms. The van der Waals surface area contributed by atoms with Crippen LogP contribution < -0.4 is 4.57 Å². The number of hydrogen-bond acceptors (Lipinski definition) is 2. The van der Waals surface area contributed by atoms with Crippen LogP contribution in [0.3, 0.4) is 0 Å². The highest BCUT2D eigenvalue weighted by Crippen LogP contribution is 1.90. The van der Waals surface area contributed by atoms with Gasteiger partial charge in [-0.3, -0.25) is 4.55 Å². The number of pyridine rings is 1. The maximum Gasteiger partial charge on any atom is 0.326 e. The standard InChI is InChI=1S/C7H9NO3S/c1-7-2-4-8(5-3-7)6-12(9,10)11/h2-5H,6H2,1H3/p+1. The Hall–Kier alpha value is -0.940. The highest BCUT2D eigenvalue weighted by molar-refractivity contribution is 7.84. The Labute approximate surface area is 71.2 Å². The second-order valence-corrected chi connectivity index (χ2v) is 4.02. The Morgan fingerprint density at radius 2 is 1.92 bits per heavy atom. The molecule has 1 aromatic heterocycles. The van der Waals surface area contributed by atoms with Crippen molar-refractivity contribution in [2.45, 2.75) is 12.8 Å². The maximum absolute atomic E-state index is 10.4. The molecule has 1 aromatic rings. The maximum atomic E-state index is 10.4. The van der Waals surface area contributed by atoms with E-state index >= 15 is 0 Å². The van der Waals surface area contributed by atoms with Gasteiger partial charge in [-0.05, 0) is 12.5 Å². The molecule has 0 bridgehead atoms. The lowest BCUT2D eigenvalue weighted by Gasteiger charge is -1.93. The van der Waals surface area contributed by atoms with Gasteiger partial charge in [0.15, 0.2) is 12.4 Å². The molecule has 0 radical (unpaired) electrons. The van der Waals surface area contributed by atoms with Gasteiger partial charge in [0, 0.05) is 12.1 Å². The molecule has 0 aromatic carbocycles. The zero-order chi connectivity index (χ0) is 9.19. The first-order valence-electron chi connectivity index (χ1n) is 3.38. The van der Waals surface area contributed by atoms with Crippen LogP contribution in [-0.2, 0) is 16.0 Å². The van der Waals surface area contributed by atoms with E-state index in [1.54, 1.807) is 24.5 Å². The molecule has 0 aliphatic rings. The van der Waals surface area contributed by atoms with Crippen molar-refractivity contribution < 1.29 is 17.5 Å². The van der Waals surface area contributed by atoms with E-state index in [-0.39, 0.29) is 0 Å². The molecule has 1 rings (SSSR count). The van der Waals surface area contributed by atoms with E-state index in [9.17, 15) is 8.42 Å². The third kappa shape index (κ3) is 2.98. The minimum absolute atomic E-state index is 0.396. The first kappa shape index (κ1) is 9.15. The summed E-state index contributed by atoms with van der Waals surface area (Å²) in [6.07, 6.45) is 3.20. The van der Waals surface area contributed by atoms with Crippen LogP contribution in [0, 0.1) is 6.92 Å². The monoisotopic (exact) mass is 188 g/mol. The van der Waals surface area contributed by atoms with Gasteiger partial charge in [0.1, 0.15) is 0 Å². The summed E-state index contributed by atoms with van der Waals surface area (Å²) in [6.45, 7) is 1.90. The van der Waals surface area contributed by atoms with Crippen molar-refractivity contribution in [1.29, 1.82) is 0 Å². The fourth-order valence-corrected chi connectivity index (χ4v) is 1.36. The van der Waals surface area contributed by atoms with Crippen molar-refractivity contribution in [2.24, 2.45) is 0 Å². The van der Waals surface area contributed by atoms with E-state index < -0.39 is 16.0 Å². The van der Waals surface area contributed by atoms with Crippen LogP contribution in [0.5, 0.6) is 0 Å². The second-order valence-electron chi connectivity index (χ2n) is 2.60. The Morgan fingerprint density at radius 1 is 1.42 bits per heavy atom. The summed E-state index contributed by atoms with van der Waals surface area (Å²) in [4.78, 5) is 0. The number of nitrogens with zero attached hydrogens (tertiary/aromatic N) is 1. The highest BCUT2D eigenvalue weighted by Gasteiger charge is 2.11. The number of hydrogen-bond donors (Lipinski definition) is 1. The normalized spacial score (nSPS) is 11.5. The quantitative estimate of drug-likeness (QED) is 0.530. The molecule has 4 nitrogen and oxygen atoms in total. The highest BCUT2D eigenvalue weighted by atomic mass is 32.2. The number of aromatic nitrogens is 1. The SMILES string of the molecule is Cc1cc[n+](CS(=O)(=O)O)cc1. The Balaban J connectivity index is 2.85. The smallest absolute Gasteiger partial charge is 0.281 e. The summed E-state index contributed by atoms with van der Waals surface area (Å²) in [7, 11) is -3.93. The lowest BCUT2D eigenvalue weighted by Crippen LogP contribution is -2.36. The lowest BCUT2D eigenvalue weighted by atomic mass is 10.3. The Kier molecular flexibility index (Phi) is 2.44. The van der Waals surface area contributed by atoms with Crippen molar-refractivity contribution in [3.8, 4) is 0 Å². The lowest BCUT2D eigenvalue weighted by molar-refractivity contribution is -0.678. The van der Waals surface area contributed by atoms with Crippen molar-refractivity contribution in [1.82, 2.24) is 0 Å². The molecule has 0 aliphatic heterocycles. The molecule has 0 fully saturated rings. The predicted molar refractivity (Wildman–Crippen MR) is 42.9 cm³/mol. The molecule has 66 valence electrons. The van der Waals surface area contributed by atoms with Gasteiger partial charge in [-0.1, -0.05) is 0 Å². The second kappa shape index (κ2) is 3.20. The van der Waals surface area contributed by atoms with Crippen molar-refractivity contribution in [2.75, 3.05) is 0 Å². The average molecular weight is 188 g/mol. The zero-order valence-corrected chi connectivity index (χ0v) is 7.45. The third-order valence-corrected chi connectivity index (χ3v) is 1.99. The fourth-order valence-electron chi connectivity index (χ4n) is 0.806. The molecule has 0 saturated heterocycles. The van der Waals surface area contributed by atoms with Crippen LogP contribution in [0.1, 0.15) is 5.56 Å². The molecule has 1 heterocycles. The van der Waals surface area contributed by atoms with Crippen LogP contribution >= 0.6 is 0 Å². The van der Waals surface area contributed by atoms with E-state index in [1.807, 2.05) is 6.92 Å². The van der Waals surface area contributed by atoms with Gasteiger partial charge in [0.2, 0.25) is 0 Å². The first-order chi connectivity index (χ1) is 5.47. The van der Waals surface area contributed by atoms with E-state index in [0.29, 0.717) is 0 Å². The van der Waals surface area contributed by atoms with Gasteiger partial charge >= 0.3 is 10.1 Å². The molecule has 0 saturated carbocycles. The van der Waals surface area contributed by atoms with E-state index in [0.717, 1.165) is 5.56 Å². The predicted octanol–water partition coefficient (Wildman–Crippen LogP) is 0.128. The van der Waals surface area contributed by atoms with Crippen molar-refractivity contribution in [3.63, 3.8) is 0 Å². The molecular formula is C7H10NO3S+. The molecule has 0 amide bonds. The molecule has 0 spiro atoms. The minimum atomic E-state index is -3.93. The molecule has 0 aliphatic carbocycles. The number of aryl methyl sites for hydroxylation is 1. The van der Waals surface area contributed by atoms with E-state index in [1.165, 1.54) is 4.57 Å². The summed E-state index contributed by atoms with van der Waals surface area (Å²) in [5.41, 5.74) is 1.04. The molecule has 1 N–H and O–H groups in total. The fraction of sp³-hybridized carbons (Fsp3) is 0.286. The van der Waals surface area contributed by atoms with Crippen LogP contribution in [0.15, 0.2) is 24.5 Å². The largest absolute Gasteiger partial charge is 0.326 e. The van der Waals surface area contributed by atoms with Crippen LogP contribution in [0.25, 0.3) is 0 Å². The summed E-state index contributed by atoms with van der Waals surface area (Å²) in [5, 5.41) is 0. The van der Waals surface area contributed by atoms with E-state index in [4.69, 9.17) is 4.55 Å². The minimum Gasteiger partial charge on any atom is -0.281 e. The van der Waals surface area contributed by atoms with Crippen LogP contribution in [0.4, 0.5) is 0 Å². The van der Waals surface area contributed by atoms with E-state index in [2.05, 4.69) is 0 Å². The summed E-state index contributed by atoms with van der Waals surface area (Å²) in [6, 6.07) is 3.54. The topological polar surface area (TPSA) is 58.2 Å². The molecule has 0 atom stereocenters. The Morgan fingerprint density at radius 3 is 2.33 bits per heavy atom. The van der Waals surface area contributed by atoms with Gasteiger partial charge in [0.05, 0.1) is 0 Å². The molecular weight excluding hydrogens is 178 g/mol. The molecule has 0 unspecified atom stereocenters. The van der Waals surface area contributed by atoms with Crippen molar-refractivity contribution >= 4 is 10.1 Å². The summed E-state index contributed by atoms with van der Waals surface area (Å²) in [5.74, 6) is -0.396. The Bertz CT molecular complexity index is 355. The summed E-state index contributed by atoms with van der Waals surface area (Å²) >= 11 is 0. The summed E-state index contributed by atoms with van der Waals surface area (Å²) < 4.78 is 30.7. The third-order valence-electron chi connectivity index (χ3n) is 1.37. The van der Waals surface area contributed by atoms with Crippen LogP contribution in [0.2, 0.25) is 0 Å². The molecule has 12 heavy (non-hydrogen) atoms. The van der Waals surface area contributed by atoms with Gasteiger partial charge < -0.3 is 0 Å². The van der Waals surface area contributed by atoms with Gasteiger partial charge in [-0.2, -0.15) is 13.0 Å². The van der Waals surface area contributed by atoms with Crippen molar-refractivity contribution in [3.05, 3.63) is 30.1 Å². The number of rotatable bonds is 2. The zero-order valence-electron chi connectivity index (χ0n) is 6.64. The van der Waals surface area contributed by atoms with Crippen LogP contribution in [-0.4, -0.2) is 13.0 Å². The van der Waals surface area contributed by atoms with Gasteiger partial charge in [-0.15, -0.1) is 0 Å².